The summed E-state index contributed by atoms with van der Waals surface area (Å²) in [6.45, 7) is 6.11. The maximum absolute atomic E-state index is 12.7. The van der Waals surface area contributed by atoms with Crippen LogP contribution in [0.15, 0.2) is 24.3 Å². The van der Waals surface area contributed by atoms with Gasteiger partial charge in [-0.2, -0.15) is 0 Å². The molecule has 1 saturated heterocycles. The van der Waals surface area contributed by atoms with Crippen LogP contribution >= 0.6 is 0 Å². The average Bonchev–Trinajstić information content (AvgIpc) is 2.92. The van der Waals surface area contributed by atoms with Crippen LogP contribution in [0.3, 0.4) is 0 Å². The summed E-state index contributed by atoms with van der Waals surface area (Å²) in [6, 6.07) is 7.86. The smallest absolute Gasteiger partial charge is 0.317 e. The standard InChI is InChI=1S/C21H33N3O4/c1-4-14-28-19-9-7-17(8-10-19)16(2)22-21(27)24-12-5-6-18(11-13-24)23(3)15-20(25)26/h7-10,16,18H,4-6,11-15H2,1-3H3,(H,22,27)(H,25,26). The summed E-state index contributed by atoms with van der Waals surface area (Å²) < 4.78 is 5.60. The van der Waals surface area contributed by atoms with Gasteiger partial charge in [0.05, 0.1) is 19.2 Å². The summed E-state index contributed by atoms with van der Waals surface area (Å²) in [7, 11) is 1.84. The number of carboxylic acid groups (broad SMARTS) is 1. The molecule has 28 heavy (non-hydrogen) atoms. The van der Waals surface area contributed by atoms with Gasteiger partial charge in [-0.25, -0.2) is 4.79 Å². The van der Waals surface area contributed by atoms with Crippen LogP contribution in [0, 0.1) is 0 Å². The fourth-order valence-corrected chi connectivity index (χ4v) is 3.50. The van der Waals surface area contributed by atoms with Crippen molar-refractivity contribution in [3.05, 3.63) is 29.8 Å². The van der Waals surface area contributed by atoms with Crippen LogP contribution in [0.5, 0.6) is 5.75 Å². The maximum Gasteiger partial charge on any atom is 0.317 e. The molecule has 0 bridgehead atoms. The van der Waals surface area contributed by atoms with E-state index in [2.05, 4.69) is 12.2 Å². The predicted octanol–water partition coefficient (Wildman–Crippen LogP) is 3.12. The quantitative estimate of drug-likeness (QED) is 0.712. The highest BCUT2D eigenvalue weighted by atomic mass is 16.5. The van der Waals surface area contributed by atoms with Gasteiger partial charge >= 0.3 is 12.0 Å². The lowest BCUT2D eigenvalue weighted by Gasteiger charge is -2.26. The van der Waals surface area contributed by atoms with Crippen molar-refractivity contribution in [2.45, 2.75) is 51.6 Å². The Morgan fingerprint density at radius 2 is 2.00 bits per heavy atom. The Kier molecular flexibility index (Phi) is 8.57. The summed E-state index contributed by atoms with van der Waals surface area (Å²) in [5.41, 5.74) is 1.03. The first-order chi connectivity index (χ1) is 13.4. The Bertz CT molecular complexity index is 635. The van der Waals surface area contributed by atoms with Gasteiger partial charge in [0.2, 0.25) is 0 Å². The molecule has 2 N–H and O–H groups in total. The number of hydrogen-bond donors (Lipinski definition) is 2. The second-order valence-electron chi connectivity index (χ2n) is 7.47. The number of likely N-dealkylation sites (N-methyl/N-ethyl adjacent to an activating group) is 1. The van der Waals surface area contributed by atoms with E-state index in [1.165, 1.54) is 0 Å². The fourth-order valence-electron chi connectivity index (χ4n) is 3.50. The number of carboxylic acids is 1. The van der Waals surface area contributed by atoms with E-state index in [1.54, 1.807) is 0 Å². The van der Waals surface area contributed by atoms with Crippen LogP contribution in [0.2, 0.25) is 0 Å². The topological polar surface area (TPSA) is 82.1 Å². The van der Waals surface area contributed by atoms with Crippen LogP contribution in [0.1, 0.15) is 51.1 Å². The number of aliphatic carboxylic acids is 1. The van der Waals surface area contributed by atoms with Gasteiger partial charge in [0.15, 0.2) is 0 Å². The van der Waals surface area contributed by atoms with E-state index in [-0.39, 0.29) is 24.7 Å². The van der Waals surface area contributed by atoms with Crippen molar-refractivity contribution in [3.8, 4) is 5.75 Å². The van der Waals surface area contributed by atoms with E-state index >= 15 is 0 Å². The third-order valence-corrected chi connectivity index (χ3v) is 5.19. The normalized spacial score (nSPS) is 18.4. The highest BCUT2D eigenvalue weighted by Gasteiger charge is 2.24. The second kappa shape index (κ2) is 10.9. The molecule has 0 saturated carbocycles. The van der Waals surface area contributed by atoms with Crippen molar-refractivity contribution in [2.75, 3.05) is 33.3 Å². The summed E-state index contributed by atoms with van der Waals surface area (Å²) >= 11 is 0. The van der Waals surface area contributed by atoms with Gasteiger partial charge in [-0.15, -0.1) is 0 Å². The maximum atomic E-state index is 12.7. The molecule has 2 rings (SSSR count). The Balaban J connectivity index is 1.85. The molecule has 7 nitrogen and oxygen atoms in total. The van der Waals surface area contributed by atoms with Crippen LogP contribution < -0.4 is 10.1 Å². The third kappa shape index (κ3) is 6.71. The highest BCUT2D eigenvalue weighted by molar-refractivity contribution is 5.74. The summed E-state index contributed by atoms with van der Waals surface area (Å²) in [6.07, 6.45) is 3.54. The number of urea groups is 1. The van der Waals surface area contributed by atoms with Crippen LogP contribution in [-0.2, 0) is 4.79 Å². The van der Waals surface area contributed by atoms with Gasteiger partial charge in [0.1, 0.15) is 5.75 Å². The van der Waals surface area contributed by atoms with E-state index in [9.17, 15) is 9.59 Å². The number of likely N-dealkylation sites (tertiary alicyclic amines) is 1. The van der Waals surface area contributed by atoms with E-state index < -0.39 is 5.97 Å². The van der Waals surface area contributed by atoms with Crippen LogP contribution in [0.25, 0.3) is 0 Å². The zero-order valence-corrected chi connectivity index (χ0v) is 17.2. The van der Waals surface area contributed by atoms with Crippen molar-refractivity contribution < 1.29 is 19.4 Å². The molecule has 7 heteroatoms. The molecule has 0 spiro atoms. The molecule has 0 radical (unpaired) electrons. The number of rotatable bonds is 8. The zero-order valence-electron chi connectivity index (χ0n) is 17.2. The number of nitrogens with one attached hydrogen (secondary N) is 1. The Labute approximate surface area is 167 Å². The van der Waals surface area contributed by atoms with Crippen LogP contribution in [0.4, 0.5) is 4.79 Å². The summed E-state index contributed by atoms with van der Waals surface area (Å²) in [4.78, 5) is 27.3. The number of nitrogens with zero attached hydrogens (tertiary/aromatic N) is 2. The lowest BCUT2D eigenvalue weighted by molar-refractivity contribution is -0.138. The SMILES string of the molecule is CCCOc1ccc(C(C)NC(=O)N2CCCC(N(C)CC(=O)O)CC2)cc1. The number of benzene rings is 1. The number of carbonyl (C=O) groups is 2. The lowest BCUT2D eigenvalue weighted by atomic mass is 10.1. The monoisotopic (exact) mass is 391 g/mol. The summed E-state index contributed by atoms with van der Waals surface area (Å²) in [5, 5.41) is 12.0. The minimum atomic E-state index is -0.818. The largest absolute Gasteiger partial charge is 0.494 e. The molecule has 156 valence electrons. The average molecular weight is 392 g/mol. The Morgan fingerprint density at radius 1 is 1.29 bits per heavy atom. The molecule has 0 aromatic heterocycles. The first-order valence-corrected chi connectivity index (χ1v) is 10.1. The highest BCUT2D eigenvalue weighted by Crippen LogP contribution is 2.19. The van der Waals surface area contributed by atoms with Crippen molar-refractivity contribution in [3.63, 3.8) is 0 Å². The van der Waals surface area contributed by atoms with Gasteiger partial charge in [-0.1, -0.05) is 19.1 Å². The predicted molar refractivity (Wildman–Crippen MR) is 109 cm³/mol. The van der Waals surface area contributed by atoms with E-state index in [0.29, 0.717) is 19.7 Å². The Morgan fingerprint density at radius 3 is 2.64 bits per heavy atom. The minimum absolute atomic E-state index is 0.0336. The molecule has 1 aliphatic heterocycles. The van der Waals surface area contributed by atoms with Crippen molar-refractivity contribution >= 4 is 12.0 Å². The molecule has 2 atom stereocenters. The number of amides is 2. The van der Waals surface area contributed by atoms with Crippen molar-refractivity contribution in [1.29, 1.82) is 0 Å². The van der Waals surface area contributed by atoms with Gasteiger partial charge in [-0.05, 0) is 57.4 Å². The molecule has 0 aliphatic carbocycles. The molecule has 1 fully saturated rings. The molecule has 1 aromatic rings. The van der Waals surface area contributed by atoms with E-state index in [0.717, 1.165) is 37.0 Å². The van der Waals surface area contributed by atoms with E-state index in [1.807, 2.05) is 48.0 Å². The lowest BCUT2D eigenvalue weighted by Crippen LogP contribution is -2.42. The molecular formula is C21H33N3O4. The molecule has 1 heterocycles. The molecule has 2 unspecified atom stereocenters. The zero-order chi connectivity index (χ0) is 20.5. The minimum Gasteiger partial charge on any atom is -0.494 e. The fraction of sp³-hybridized carbons (Fsp3) is 0.619. The molecule has 1 aromatic carbocycles. The molecule has 1 aliphatic rings. The van der Waals surface area contributed by atoms with Crippen molar-refractivity contribution in [1.82, 2.24) is 15.1 Å². The second-order valence-corrected chi connectivity index (χ2v) is 7.47. The molecular weight excluding hydrogens is 358 g/mol. The number of carbonyl (C=O) groups excluding carboxylic acids is 1. The third-order valence-electron chi connectivity index (χ3n) is 5.19. The first-order valence-electron chi connectivity index (χ1n) is 10.1. The molecule has 2 amide bonds. The van der Waals surface area contributed by atoms with Gasteiger partial charge in [-0.3, -0.25) is 9.69 Å². The van der Waals surface area contributed by atoms with Gasteiger partial charge in [0, 0.05) is 19.1 Å². The van der Waals surface area contributed by atoms with Crippen LogP contribution in [-0.4, -0.2) is 66.2 Å². The van der Waals surface area contributed by atoms with Crippen molar-refractivity contribution in [2.24, 2.45) is 0 Å². The first kappa shape index (κ1) is 22.0. The summed E-state index contributed by atoms with van der Waals surface area (Å²) in [5.74, 6) is 0.0226. The number of ether oxygens (including phenoxy) is 1. The van der Waals surface area contributed by atoms with Gasteiger partial charge in [0.25, 0.3) is 0 Å². The Hall–Kier alpha value is -2.28. The van der Waals surface area contributed by atoms with Gasteiger partial charge < -0.3 is 20.1 Å². The van der Waals surface area contributed by atoms with E-state index in [4.69, 9.17) is 9.84 Å². The number of hydrogen-bond acceptors (Lipinski definition) is 4.